The first-order valence-electron chi connectivity index (χ1n) is 7.29. The lowest BCUT2D eigenvalue weighted by molar-refractivity contribution is -0.133. The van der Waals surface area contributed by atoms with Crippen molar-refractivity contribution in [3.05, 3.63) is 5.69 Å². The van der Waals surface area contributed by atoms with Crippen molar-refractivity contribution in [3.8, 4) is 0 Å². The topological polar surface area (TPSA) is 72.9 Å². The highest BCUT2D eigenvalue weighted by molar-refractivity contribution is 7.99. The van der Waals surface area contributed by atoms with Gasteiger partial charge in [-0.2, -0.15) is 5.10 Å². The third kappa shape index (κ3) is 2.54. The van der Waals surface area contributed by atoms with Crippen LogP contribution in [-0.4, -0.2) is 36.2 Å². The second-order valence-electron chi connectivity index (χ2n) is 5.68. The van der Waals surface area contributed by atoms with Crippen LogP contribution in [0.15, 0.2) is 5.16 Å². The Labute approximate surface area is 127 Å². The van der Waals surface area contributed by atoms with Crippen LogP contribution >= 0.6 is 11.8 Å². The highest BCUT2D eigenvalue weighted by Gasteiger charge is 2.41. The van der Waals surface area contributed by atoms with Crippen molar-refractivity contribution < 1.29 is 9.90 Å². The average molecular weight is 308 g/mol. The molecule has 0 aliphatic heterocycles. The van der Waals surface area contributed by atoms with E-state index in [9.17, 15) is 4.79 Å². The van der Waals surface area contributed by atoms with E-state index < -0.39 is 5.97 Å². The molecule has 2 atom stereocenters. The number of rotatable bonds is 6. The van der Waals surface area contributed by atoms with Crippen molar-refractivity contribution in [3.63, 3.8) is 0 Å². The van der Waals surface area contributed by atoms with Gasteiger partial charge in [-0.3, -0.25) is 9.48 Å². The normalized spacial score (nSPS) is 21.1. The Morgan fingerprint density at radius 2 is 2.29 bits per heavy atom. The number of fused-ring (bicyclic) bond motifs is 1. The minimum absolute atomic E-state index is 0.0426. The van der Waals surface area contributed by atoms with Gasteiger partial charge in [-0.25, -0.2) is 4.98 Å². The van der Waals surface area contributed by atoms with E-state index in [2.05, 4.69) is 21.6 Å². The van der Waals surface area contributed by atoms with Crippen LogP contribution < -0.4 is 0 Å². The monoisotopic (exact) mass is 308 g/mol. The number of aromatic nitrogens is 4. The predicted octanol–water partition coefficient (Wildman–Crippen LogP) is 2.62. The van der Waals surface area contributed by atoms with Gasteiger partial charge >= 0.3 is 5.97 Å². The van der Waals surface area contributed by atoms with Crippen molar-refractivity contribution >= 4 is 28.9 Å². The number of carboxylic acids is 1. The maximum Gasteiger partial charge on any atom is 0.313 e. The summed E-state index contributed by atoms with van der Waals surface area (Å²) in [5.41, 5.74) is 2.81. The van der Waals surface area contributed by atoms with E-state index in [4.69, 9.17) is 5.11 Å². The lowest BCUT2D eigenvalue weighted by atomic mass is 10.2. The number of aliphatic carboxylic acids is 1. The molecule has 0 aromatic carbocycles. The largest absolute Gasteiger partial charge is 0.481 e. The van der Waals surface area contributed by atoms with Crippen molar-refractivity contribution in [2.75, 3.05) is 5.75 Å². The van der Waals surface area contributed by atoms with Crippen LogP contribution in [0.3, 0.4) is 0 Å². The Morgan fingerprint density at radius 3 is 2.95 bits per heavy atom. The van der Waals surface area contributed by atoms with Gasteiger partial charge in [0, 0.05) is 13.1 Å². The first kappa shape index (κ1) is 14.4. The van der Waals surface area contributed by atoms with Gasteiger partial charge < -0.3 is 9.67 Å². The van der Waals surface area contributed by atoms with Crippen molar-refractivity contribution in [1.29, 1.82) is 0 Å². The molecule has 1 N–H and O–H groups in total. The summed E-state index contributed by atoms with van der Waals surface area (Å²) in [5.74, 6) is -0.0813. The zero-order valence-corrected chi connectivity index (χ0v) is 13.4. The number of aryl methyl sites for hydroxylation is 2. The molecule has 0 saturated heterocycles. The van der Waals surface area contributed by atoms with Crippen LogP contribution in [-0.2, 0) is 11.8 Å². The fourth-order valence-corrected chi connectivity index (χ4v) is 3.80. The Hall–Kier alpha value is -1.50. The average Bonchev–Trinajstić information content (AvgIpc) is 2.96. The van der Waals surface area contributed by atoms with E-state index in [1.165, 1.54) is 24.6 Å². The molecule has 1 aliphatic rings. The zero-order valence-electron chi connectivity index (χ0n) is 12.5. The quantitative estimate of drug-likeness (QED) is 0.830. The highest BCUT2D eigenvalue weighted by atomic mass is 32.2. The smallest absolute Gasteiger partial charge is 0.313 e. The summed E-state index contributed by atoms with van der Waals surface area (Å²) in [6.45, 7) is 4.15. The van der Waals surface area contributed by atoms with Gasteiger partial charge in [0.2, 0.25) is 0 Å². The molecule has 2 aromatic rings. The molecule has 114 valence electrons. The maximum atomic E-state index is 10.8. The summed E-state index contributed by atoms with van der Waals surface area (Å²) in [5, 5.41) is 14.2. The highest BCUT2D eigenvalue weighted by Crippen LogP contribution is 2.49. The number of thioether (sulfide) groups is 1. The van der Waals surface area contributed by atoms with Gasteiger partial charge in [0.25, 0.3) is 0 Å². The number of nitrogens with zero attached hydrogens (tertiary/aromatic N) is 4. The molecule has 2 unspecified atom stereocenters. The molecule has 0 bridgehead atoms. The van der Waals surface area contributed by atoms with E-state index >= 15 is 0 Å². The molecular formula is C14H20N4O2S. The summed E-state index contributed by atoms with van der Waals surface area (Å²) in [6.07, 6.45) is 3.55. The summed E-state index contributed by atoms with van der Waals surface area (Å²) in [7, 11) is 1.93. The standard InChI is InChI=1S/C14H20N4O2S/c1-4-5-9-6-10(9)18-13-12(8(2)16-17(13)3)15-14(18)21-7-11(19)20/h9-10H,4-7H2,1-3H3,(H,19,20). The van der Waals surface area contributed by atoms with Crippen LogP contribution in [0, 0.1) is 12.8 Å². The molecule has 21 heavy (non-hydrogen) atoms. The second-order valence-corrected chi connectivity index (χ2v) is 6.62. The number of hydrogen-bond donors (Lipinski definition) is 1. The predicted molar refractivity (Wildman–Crippen MR) is 81.6 cm³/mol. The molecule has 2 aromatic heterocycles. The third-order valence-electron chi connectivity index (χ3n) is 4.00. The summed E-state index contributed by atoms with van der Waals surface area (Å²) >= 11 is 1.30. The molecule has 0 amide bonds. The number of carboxylic acid groups (broad SMARTS) is 1. The lowest BCUT2D eigenvalue weighted by Gasteiger charge is -2.08. The van der Waals surface area contributed by atoms with Crippen LogP contribution in [0.2, 0.25) is 0 Å². The van der Waals surface area contributed by atoms with E-state index in [-0.39, 0.29) is 5.75 Å². The Balaban J connectivity index is 2.01. The number of hydrogen-bond acceptors (Lipinski definition) is 4. The van der Waals surface area contributed by atoms with E-state index in [1.54, 1.807) is 0 Å². The number of imidazole rings is 1. The molecule has 3 rings (SSSR count). The molecule has 1 aliphatic carbocycles. The molecule has 6 nitrogen and oxygen atoms in total. The fourth-order valence-electron chi connectivity index (χ4n) is 3.03. The second kappa shape index (κ2) is 5.36. The first-order valence-corrected chi connectivity index (χ1v) is 8.27. The number of carbonyl (C=O) groups is 1. The maximum absolute atomic E-state index is 10.8. The van der Waals surface area contributed by atoms with Crippen LogP contribution in [0.1, 0.15) is 37.9 Å². The minimum atomic E-state index is -0.811. The van der Waals surface area contributed by atoms with Crippen molar-refractivity contribution in [1.82, 2.24) is 19.3 Å². The van der Waals surface area contributed by atoms with Gasteiger partial charge in [-0.15, -0.1) is 0 Å². The van der Waals surface area contributed by atoms with Gasteiger partial charge in [0.1, 0.15) is 5.52 Å². The van der Waals surface area contributed by atoms with Gasteiger partial charge in [-0.1, -0.05) is 25.1 Å². The van der Waals surface area contributed by atoms with Crippen molar-refractivity contribution in [2.45, 2.75) is 44.3 Å². The Bertz CT molecular complexity index is 691. The van der Waals surface area contributed by atoms with Crippen LogP contribution in [0.4, 0.5) is 0 Å². The molecule has 2 heterocycles. The minimum Gasteiger partial charge on any atom is -0.481 e. The van der Waals surface area contributed by atoms with E-state index in [0.717, 1.165) is 28.4 Å². The third-order valence-corrected chi connectivity index (χ3v) is 4.94. The summed E-state index contributed by atoms with van der Waals surface area (Å²) < 4.78 is 4.08. The van der Waals surface area contributed by atoms with Gasteiger partial charge in [0.15, 0.2) is 10.8 Å². The molecule has 1 fully saturated rings. The Morgan fingerprint density at radius 1 is 1.52 bits per heavy atom. The van der Waals surface area contributed by atoms with Crippen LogP contribution in [0.5, 0.6) is 0 Å². The summed E-state index contributed by atoms with van der Waals surface area (Å²) in [4.78, 5) is 15.5. The van der Waals surface area contributed by atoms with E-state index in [0.29, 0.717) is 12.0 Å². The van der Waals surface area contributed by atoms with Crippen molar-refractivity contribution in [2.24, 2.45) is 13.0 Å². The Kier molecular flexibility index (Phi) is 3.69. The zero-order chi connectivity index (χ0) is 15.1. The van der Waals surface area contributed by atoms with Crippen LogP contribution in [0.25, 0.3) is 11.2 Å². The SMILES string of the molecule is CCCC1CC1n1c(SCC(=O)O)nc2c(C)nn(C)c21. The van der Waals surface area contributed by atoms with Gasteiger partial charge in [-0.05, 0) is 25.7 Å². The fraction of sp³-hybridized carbons (Fsp3) is 0.643. The molecule has 0 spiro atoms. The summed E-state index contributed by atoms with van der Waals surface area (Å²) in [6, 6.07) is 0.445. The molecule has 7 heteroatoms. The molecular weight excluding hydrogens is 288 g/mol. The first-order chi connectivity index (χ1) is 10.0. The lowest BCUT2D eigenvalue weighted by Crippen LogP contribution is -2.06. The molecule has 1 saturated carbocycles. The van der Waals surface area contributed by atoms with Gasteiger partial charge in [0.05, 0.1) is 11.4 Å². The van der Waals surface area contributed by atoms with E-state index in [1.807, 2.05) is 18.7 Å². The molecule has 0 radical (unpaired) electrons.